The molecule has 10 heteroatoms. The normalized spacial score (nSPS) is 12.5. The first-order chi connectivity index (χ1) is 16.5. The number of amides is 3. The van der Waals surface area contributed by atoms with Gasteiger partial charge in [0.25, 0.3) is 0 Å². The molecule has 0 spiro atoms. The van der Waals surface area contributed by atoms with Crippen LogP contribution in [0, 0.1) is 0 Å². The van der Waals surface area contributed by atoms with Gasteiger partial charge in [-0.2, -0.15) is 0 Å². The average Bonchev–Trinajstić information content (AvgIpc) is 3.18. The second-order valence-corrected chi connectivity index (χ2v) is 7.87. The Balaban J connectivity index is 1.50. The number of nitrogens with one attached hydrogen (secondary N) is 3. The quantitative estimate of drug-likeness (QED) is 0.203. The Bertz CT molecular complexity index is 1040. The Labute approximate surface area is 197 Å². The van der Waals surface area contributed by atoms with Crippen LogP contribution in [-0.2, 0) is 14.3 Å². The minimum Gasteiger partial charge on any atom is -0.449 e. The molecule has 10 nitrogen and oxygen atoms in total. The van der Waals surface area contributed by atoms with Gasteiger partial charge in [-0.1, -0.05) is 53.6 Å². The van der Waals surface area contributed by atoms with Crippen LogP contribution in [0.15, 0.2) is 53.6 Å². The molecule has 178 valence electrons. The molecule has 0 saturated carbocycles. The maximum absolute atomic E-state index is 12.5. The number of likely N-dealkylation sites (N-methyl/N-ethyl adjacent to an activating group) is 1. The molecule has 0 aliphatic heterocycles. The highest BCUT2D eigenvalue weighted by Crippen LogP contribution is 2.44. The lowest BCUT2D eigenvalue weighted by molar-refractivity contribution is -0.123. The summed E-state index contributed by atoms with van der Waals surface area (Å²) in [7, 11) is 1.50. The zero-order chi connectivity index (χ0) is 24.3. The number of benzene rings is 2. The number of carbonyl (C=O) groups is 3. The van der Waals surface area contributed by atoms with Crippen molar-refractivity contribution in [3.63, 3.8) is 0 Å². The number of unbranched alkanes of at least 4 members (excludes halogenated alkanes) is 1. The summed E-state index contributed by atoms with van der Waals surface area (Å²) in [5.74, 6) is -0.746. The monoisotopic (exact) mass is 464 g/mol. The lowest BCUT2D eigenvalue weighted by atomic mass is 9.98. The Hall–Kier alpha value is -4.04. The standard InChI is InChI=1S/C24H28N6O4/c1-26-23(32)21(12-6-7-13-27-22(31)14-28-30-25)29-24(33)34-15-20-18-10-4-2-8-16(18)17-9-3-5-11-19(17)20/h2-5,8-11,20-21H,6-7,12-15H2,1H3,(H,26,32)(H,27,31)(H,29,33)/t21-/m0/s1. The van der Waals surface area contributed by atoms with Gasteiger partial charge in [-0.3, -0.25) is 9.59 Å². The molecule has 0 fully saturated rings. The minimum absolute atomic E-state index is 0.0643. The molecule has 3 amide bonds. The number of alkyl carbamates (subject to hydrolysis) is 1. The number of hydrogen-bond donors (Lipinski definition) is 3. The van der Waals surface area contributed by atoms with Crippen LogP contribution in [0.25, 0.3) is 21.6 Å². The summed E-state index contributed by atoms with van der Waals surface area (Å²) in [6.07, 6.45) is 0.916. The first-order valence-corrected chi connectivity index (χ1v) is 11.2. The van der Waals surface area contributed by atoms with Gasteiger partial charge in [-0.05, 0) is 47.0 Å². The smallest absolute Gasteiger partial charge is 0.407 e. The Morgan fingerprint density at radius 1 is 1.06 bits per heavy atom. The summed E-state index contributed by atoms with van der Waals surface area (Å²) in [6, 6.07) is 15.4. The van der Waals surface area contributed by atoms with E-state index >= 15 is 0 Å². The fourth-order valence-corrected chi connectivity index (χ4v) is 4.08. The molecule has 0 unspecified atom stereocenters. The number of nitrogens with zero attached hydrogens (tertiary/aromatic N) is 3. The highest BCUT2D eigenvalue weighted by molar-refractivity contribution is 5.85. The Morgan fingerprint density at radius 3 is 2.32 bits per heavy atom. The third-order valence-electron chi connectivity index (χ3n) is 5.72. The van der Waals surface area contributed by atoms with Crippen LogP contribution < -0.4 is 16.0 Å². The van der Waals surface area contributed by atoms with Crippen LogP contribution in [0.1, 0.15) is 36.3 Å². The van der Waals surface area contributed by atoms with Crippen molar-refractivity contribution in [3.8, 4) is 11.1 Å². The Kier molecular flexibility index (Phi) is 8.88. The third-order valence-corrected chi connectivity index (χ3v) is 5.72. The van der Waals surface area contributed by atoms with Crippen LogP contribution in [0.5, 0.6) is 0 Å². The van der Waals surface area contributed by atoms with Crippen LogP contribution >= 0.6 is 0 Å². The van der Waals surface area contributed by atoms with Crippen molar-refractivity contribution < 1.29 is 19.1 Å². The van der Waals surface area contributed by atoms with Gasteiger partial charge in [0.15, 0.2) is 0 Å². The van der Waals surface area contributed by atoms with Crippen molar-refractivity contribution in [1.29, 1.82) is 0 Å². The van der Waals surface area contributed by atoms with Gasteiger partial charge in [0.1, 0.15) is 19.2 Å². The fourth-order valence-electron chi connectivity index (χ4n) is 4.08. The summed E-state index contributed by atoms with van der Waals surface area (Å²) >= 11 is 0. The maximum atomic E-state index is 12.5. The molecule has 1 atom stereocenters. The van der Waals surface area contributed by atoms with Gasteiger partial charge in [-0.15, -0.1) is 0 Å². The summed E-state index contributed by atoms with van der Waals surface area (Å²) in [5, 5.41) is 11.0. The molecule has 3 rings (SSSR count). The highest BCUT2D eigenvalue weighted by Gasteiger charge is 2.29. The summed E-state index contributed by atoms with van der Waals surface area (Å²) in [4.78, 5) is 38.7. The number of azide groups is 1. The molecule has 1 aliphatic carbocycles. The van der Waals surface area contributed by atoms with E-state index in [1.807, 2.05) is 36.4 Å². The Morgan fingerprint density at radius 2 is 1.71 bits per heavy atom. The van der Waals surface area contributed by atoms with E-state index < -0.39 is 12.1 Å². The number of carbonyl (C=O) groups excluding carboxylic acids is 3. The van der Waals surface area contributed by atoms with Crippen molar-refractivity contribution >= 4 is 17.9 Å². The predicted octanol–water partition coefficient (Wildman–Crippen LogP) is 3.24. The fraction of sp³-hybridized carbons (Fsp3) is 0.375. The van der Waals surface area contributed by atoms with E-state index in [4.69, 9.17) is 10.3 Å². The molecular weight excluding hydrogens is 436 g/mol. The van der Waals surface area contributed by atoms with E-state index in [2.05, 4.69) is 38.1 Å². The number of rotatable bonds is 11. The molecule has 0 aromatic heterocycles. The van der Waals surface area contributed by atoms with Crippen LogP contribution in [0.2, 0.25) is 0 Å². The second kappa shape index (κ2) is 12.3. The van der Waals surface area contributed by atoms with E-state index in [0.717, 1.165) is 22.3 Å². The van der Waals surface area contributed by atoms with Crippen molar-refractivity contribution in [3.05, 3.63) is 70.1 Å². The van der Waals surface area contributed by atoms with Gasteiger partial charge in [0, 0.05) is 24.4 Å². The molecule has 2 aromatic carbocycles. The number of ether oxygens (including phenoxy) is 1. The number of fused-ring (bicyclic) bond motifs is 3. The van der Waals surface area contributed by atoms with E-state index in [9.17, 15) is 14.4 Å². The van der Waals surface area contributed by atoms with Crippen molar-refractivity contribution in [2.45, 2.75) is 31.2 Å². The summed E-state index contributed by atoms with van der Waals surface area (Å²) in [5.41, 5.74) is 12.7. The molecule has 1 aliphatic rings. The molecule has 2 aromatic rings. The molecule has 0 bridgehead atoms. The van der Waals surface area contributed by atoms with Gasteiger partial charge in [0.2, 0.25) is 11.8 Å². The van der Waals surface area contributed by atoms with Crippen LogP contribution in [0.4, 0.5) is 4.79 Å². The maximum Gasteiger partial charge on any atom is 0.407 e. The molecule has 34 heavy (non-hydrogen) atoms. The van der Waals surface area contributed by atoms with Crippen LogP contribution in [-0.4, -0.2) is 50.7 Å². The van der Waals surface area contributed by atoms with E-state index in [0.29, 0.717) is 25.8 Å². The zero-order valence-corrected chi connectivity index (χ0v) is 19.0. The van der Waals surface area contributed by atoms with Gasteiger partial charge in [0.05, 0.1) is 0 Å². The highest BCUT2D eigenvalue weighted by atomic mass is 16.5. The lowest BCUT2D eigenvalue weighted by Crippen LogP contribution is -2.46. The molecule has 0 saturated heterocycles. The molecule has 0 heterocycles. The first-order valence-electron chi connectivity index (χ1n) is 11.2. The predicted molar refractivity (Wildman–Crippen MR) is 127 cm³/mol. The SMILES string of the molecule is CNC(=O)[C@H](CCCCNC(=O)CN=[N+]=[N-])NC(=O)OCC1c2ccccc2-c2ccccc21. The van der Waals surface area contributed by atoms with E-state index in [1.165, 1.54) is 7.05 Å². The lowest BCUT2D eigenvalue weighted by Gasteiger charge is -2.19. The van der Waals surface area contributed by atoms with Crippen molar-refractivity contribution in [2.24, 2.45) is 5.11 Å². The molecular formula is C24H28N6O4. The second-order valence-electron chi connectivity index (χ2n) is 7.87. The minimum atomic E-state index is -0.750. The summed E-state index contributed by atoms with van der Waals surface area (Å²) in [6.45, 7) is 0.295. The van der Waals surface area contributed by atoms with E-state index in [1.54, 1.807) is 0 Å². The van der Waals surface area contributed by atoms with Crippen molar-refractivity contribution in [1.82, 2.24) is 16.0 Å². The topological polar surface area (TPSA) is 145 Å². The largest absolute Gasteiger partial charge is 0.449 e. The first kappa shape index (κ1) is 24.6. The van der Waals surface area contributed by atoms with Gasteiger partial charge >= 0.3 is 6.09 Å². The number of hydrogen-bond acceptors (Lipinski definition) is 5. The van der Waals surface area contributed by atoms with Crippen LogP contribution in [0.3, 0.4) is 0 Å². The van der Waals surface area contributed by atoms with Crippen molar-refractivity contribution in [2.75, 3.05) is 26.7 Å². The molecule has 0 radical (unpaired) electrons. The van der Waals surface area contributed by atoms with Gasteiger partial charge < -0.3 is 20.7 Å². The zero-order valence-electron chi connectivity index (χ0n) is 19.0. The average molecular weight is 465 g/mol. The third kappa shape index (κ3) is 6.26. The molecule has 3 N–H and O–H groups in total. The summed E-state index contributed by atoms with van der Waals surface area (Å²) < 4.78 is 5.53. The van der Waals surface area contributed by atoms with Gasteiger partial charge in [-0.25, -0.2) is 4.79 Å². The van der Waals surface area contributed by atoms with E-state index in [-0.39, 0.29) is 30.9 Å².